The minimum absolute atomic E-state index is 0.519. The molecule has 0 saturated heterocycles. The third-order valence-corrected chi connectivity index (χ3v) is 3.77. The molecule has 0 amide bonds. The highest BCUT2D eigenvalue weighted by Gasteiger charge is 2.07. The normalized spacial score (nSPS) is 11.2. The Kier molecular flexibility index (Phi) is 3.27. The van der Waals surface area contributed by atoms with Crippen LogP contribution in [0, 0.1) is 6.92 Å². The Hall–Kier alpha value is -2.15. The fourth-order valence-electron chi connectivity index (χ4n) is 2.58. The molecule has 0 radical (unpaired) electrons. The van der Waals surface area contributed by atoms with Gasteiger partial charge in [-0.15, -0.1) is 0 Å². The minimum atomic E-state index is 0.519. The number of fused-ring (bicyclic) bond motifs is 1. The lowest BCUT2D eigenvalue weighted by Gasteiger charge is -2.10. The molecule has 0 spiro atoms. The molecule has 1 nitrogen and oxygen atoms in total. The summed E-state index contributed by atoms with van der Waals surface area (Å²) in [5, 5.41) is 2.53. The second-order valence-electron chi connectivity index (χ2n) is 5.66. The van der Waals surface area contributed by atoms with E-state index < -0.39 is 0 Å². The molecule has 20 heavy (non-hydrogen) atoms. The smallest absolute Gasteiger partial charge is 0.0708 e. The van der Waals surface area contributed by atoms with Crippen LogP contribution in [0.1, 0.15) is 30.9 Å². The van der Waals surface area contributed by atoms with Gasteiger partial charge in [0.25, 0.3) is 0 Å². The monoisotopic (exact) mass is 261 g/mol. The predicted molar refractivity (Wildman–Crippen MR) is 86.0 cm³/mol. The van der Waals surface area contributed by atoms with E-state index in [1.807, 2.05) is 6.20 Å². The van der Waals surface area contributed by atoms with Crippen molar-refractivity contribution >= 4 is 10.8 Å². The molecule has 0 saturated carbocycles. The molecule has 0 aliphatic carbocycles. The molecule has 3 aromatic rings. The summed E-state index contributed by atoms with van der Waals surface area (Å²) in [5.74, 6) is 0.519. The van der Waals surface area contributed by atoms with Crippen molar-refractivity contribution in [2.75, 3.05) is 0 Å². The van der Waals surface area contributed by atoms with Gasteiger partial charge in [-0.05, 0) is 29.9 Å². The van der Waals surface area contributed by atoms with Gasteiger partial charge in [-0.25, -0.2) is 0 Å². The first-order valence-corrected chi connectivity index (χ1v) is 7.11. The molecule has 1 heteroatoms. The third kappa shape index (κ3) is 2.32. The van der Waals surface area contributed by atoms with Crippen molar-refractivity contribution in [3.63, 3.8) is 0 Å². The topological polar surface area (TPSA) is 12.9 Å². The second kappa shape index (κ2) is 5.09. The number of aryl methyl sites for hydroxylation is 1. The van der Waals surface area contributed by atoms with Crippen LogP contribution < -0.4 is 0 Å². The van der Waals surface area contributed by atoms with Crippen molar-refractivity contribution in [2.24, 2.45) is 0 Å². The van der Waals surface area contributed by atoms with E-state index in [1.54, 1.807) is 0 Å². The Labute approximate surface area is 120 Å². The zero-order valence-electron chi connectivity index (χ0n) is 12.2. The molecule has 1 heterocycles. The van der Waals surface area contributed by atoms with Crippen molar-refractivity contribution in [3.05, 3.63) is 65.9 Å². The molecule has 100 valence electrons. The van der Waals surface area contributed by atoms with E-state index in [0.717, 1.165) is 5.69 Å². The lowest BCUT2D eigenvalue weighted by molar-refractivity contribution is 0.876. The summed E-state index contributed by atoms with van der Waals surface area (Å²) in [5.41, 5.74) is 4.85. The molecule has 0 unspecified atom stereocenters. The molecule has 2 aromatic carbocycles. The molecule has 0 atom stereocenters. The van der Waals surface area contributed by atoms with Crippen LogP contribution in [0.15, 0.2) is 54.7 Å². The third-order valence-electron chi connectivity index (χ3n) is 3.77. The van der Waals surface area contributed by atoms with E-state index in [2.05, 4.69) is 74.3 Å². The largest absolute Gasteiger partial charge is 0.256 e. The van der Waals surface area contributed by atoms with Gasteiger partial charge in [0, 0.05) is 17.1 Å². The van der Waals surface area contributed by atoms with E-state index in [-0.39, 0.29) is 0 Å². The average molecular weight is 261 g/mol. The van der Waals surface area contributed by atoms with E-state index in [9.17, 15) is 0 Å². The van der Waals surface area contributed by atoms with E-state index in [4.69, 9.17) is 0 Å². The summed E-state index contributed by atoms with van der Waals surface area (Å²) in [4.78, 5) is 4.65. The van der Waals surface area contributed by atoms with Gasteiger partial charge in [-0.2, -0.15) is 0 Å². The van der Waals surface area contributed by atoms with E-state index in [1.165, 1.54) is 27.5 Å². The van der Waals surface area contributed by atoms with Gasteiger partial charge in [0.1, 0.15) is 0 Å². The zero-order valence-corrected chi connectivity index (χ0v) is 12.2. The van der Waals surface area contributed by atoms with Crippen LogP contribution in [-0.2, 0) is 0 Å². The summed E-state index contributed by atoms with van der Waals surface area (Å²) in [7, 11) is 0. The summed E-state index contributed by atoms with van der Waals surface area (Å²) < 4.78 is 0. The lowest BCUT2D eigenvalue weighted by Crippen LogP contribution is -1.91. The maximum Gasteiger partial charge on any atom is 0.0708 e. The summed E-state index contributed by atoms with van der Waals surface area (Å²) in [6.45, 7) is 6.55. The van der Waals surface area contributed by atoms with E-state index in [0.29, 0.717) is 5.92 Å². The minimum Gasteiger partial charge on any atom is -0.256 e. The van der Waals surface area contributed by atoms with Gasteiger partial charge in [0.2, 0.25) is 0 Å². The standard InChI is InChI=1S/C19H19N/c1-13(2)17-6-4-5-16-11-19(20-12-18(16)17)15-9-7-14(3)8-10-15/h4-13H,1-3H3. The van der Waals surface area contributed by atoms with Gasteiger partial charge in [0.05, 0.1) is 5.69 Å². The molecule has 1 aromatic heterocycles. The first-order chi connectivity index (χ1) is 9.65. The Morgan fingerprint density at radius 2 is 1.70 bits per heavy atom. The van der Waals surface area contributed by atoms with Crippen LogP contribution in [0.25, 0.3) is 22.0 Å². The highest BCUT2D eigenvalue weighted by atomic mass is 14.7. The first kappa shape index (κ1) is 12.9. The molecule has 3 rings (SSSR count). The number of nitrogens with zero attached hydrogens (tertiary/aromatic N) is 1. The van der Waals surface area contributed by atoms with Crippen molar-refractivity contribution in [3.8, 4) is 11.3 Å². The quantitative estimate of drug-likeness (QED) is 0.607. The van der Waals surface area contributed by atoms with Gasteiger partial charge < -0.3 is 0 Å². The molecule has 0 bridgehead atoms. The second-order valence-corrected chi connectivity index (χ2v) is 5.66. The number of aromatic nitrogens is 1. The van der Waals surface area contributed by atoms with Crippen LogP contribution in [-0.4, -0.2) is 4.98 Å². The number of hydrogen-bond acceptors (Lipinski definition) is 1. The number of pyridine rings is 1. The van der Waals surface area contributed by atoms with E-state index >= 15 is 0 Å². The van der Waals surface area contributed by atoms with Gasteiger partial charge >= 0.3 is 0 Å². The van der Waals surface area contributed by atoms with Crippen molar-refractivity contribution in [2.45, 2.75) is 26.7 Å². The number of hydrogen-bond donors (Lipinski definition) is 0. The van der Waals surface area contributed by atoms with Gasteiger partial charge in [-0.3, -0.25) is 4.98 Å². The fourth-order valence-corrected chi connectivity index (χ4v) is 2.58. The maximum absolute atomic E-state index is 4.65. The summed E-state index contributed by atoms with van der Waals surface area (Å²) >= 11 is 0. The SMILES string of the molecule is Cc1ccc(-c2cc3cccc(C(C)C)c3cn2)cc1. The predicted octanol–water partition coefficient (Wildman–Crippen LogP) is 5.33. The molecule has 0 aliphatic rings. The molecule has 0 aliphatic heterocycles. The van der Waals surface area contributed by atoms with Crippen LogP contribution in [0.3, 0.4) is 0 Å². The van der Waals surface area contributed by atoms with Crippen molar-refractivity contribution in [1.82, 2.24) is 4.98 Å². The highest BCUT2D eigenvalue weighted by molar-refractivity contribution is 5.88. The summed E-state index contributed by atoms with van der Waals surface area (Å²) in [6, 6.07) is 17.2. The molecule has 0 N–H and O–H groups in total. The highest BCUT2D eigenvalue weighted by Crippen LogP contribution is 2.27. The van der Waals surface area contributed by atoms with Crippen LogP contribution >= 0.6 is 0 Å². The Morgan fingerprint density at radius 1 is 0.950 bits per heavy atom. The average Bonchev–Trinajstić information content (AvgIpc) is 2.46. The lowest BCUT2D eigenvalue weighted by atomic mass is 9.96. The Bertz CT molecular complexity index is 739. The van der Waals surface area contributed by atoms with Gasteiger partial charge in [0.15, 0.2) is 0 Å². The van der Waals surface area contributed by atoms with Gasteiger partial charge in [-0.1, -0.05) is 61.9 Å². The molecular formula is C19H19N. The first-order valence-electron chi connectivity index (χ1n) is 7.11. The Balaban J connectivity index is 2.14. The summed E-state index contributed by atoms with van der Waals surface area (Å²) in [6.07, 6.45) is 2.01. The molecular weight excluding hydrogens is 242 g/mol. The van der Waals surface area contributed by atoms with Crippen LogP contribution in [0.5, 0.6) is 0 Å². The zero-order chi connectivity index (χ0) is 14.1. The number of benzene rings is 2. The fraction of sp³-hybridized carbons (Fsp3) is 0.211. The van der Waals surface area contributed by atoms with Crippen LogP contribution in [0.2, 0.25) is 0 Å². The van der Waals surface area contributed by atoms with Crippen molar-refractivity contribution < 1.29 is 0 Å². The number of rotatable bonds is 2. The van der Waals surface area contributed by atoms with Crippen molar-refractivity contribution in [1.29, 1.82) is 0 Å². The van der Waals surface area contributed by atoms with Crippen LogP contribution in [0.4, 0.5) is 0 Å². The molecule has 0 fully saturated rings. The maximum atomic E-state index is 4.65. The Morgan fingerprint density at radius 3 is 2.40 bits per heavy atom.